The number of amides is 1. The first-order chi connectivity index (χ1) is 12.2. The van der Waals surface area contributed by atoms with Crippen LogP contribution in [0.5, 0.6) is 5.75 Å². The van der Waals surface area contributed by atoms with Gasteiger partial charge in [0.15, 0.2) is 0 Å². The number of hydrogen-bond donors (Lipinski definition) is 2. The Morgan fingerprint density at radius 1 is 1.40 bits per heavy atom. The minimum absolute atomic E-state index is 0.0155. The van der Waals surface area contributed by atoms with Gasteiger partial charge in [0.2, 0.25) is 5.91 Å². The molecular formula is C18H20ClN3O2S. The molecule has 1 fully saturated rings. The van der Waals surface area contributed by atoms with Gasteiger partial charge in [-0.25, -0.2) is 0 Å². The SMILES string of the molecule is O=C(CC1CSCCN1)Nc1ccc(OCc2ccccn2)c(Cl)c1. The van der Waals surface area contributed by atoms with E-state index in [1.165, 1.54) is 0 Å². The second-order valence-electron chi connectivity index (χ2n) is 5.73. The van der Waals surface area contributed by atoms with Gasteiger partial charge >= 0.3 is 0 Å². The van der Waals surface area contributed by atoms with Crippen LogP contribution in [0.25, 0.3) is 0 Å². The number of carbonyl (C=O) groups is 1. The summed E-state index contributed by atoms with van der Waals surface area (Å²) in [7, 11) is 0. The van der Waals surface area contributed by atoms with E-state index in [0.29, 0.717) is 29.5 Å². The maximum atomic E-state index is 12.1. The molecule has 2 heterocycles. The average Bonchev–Trinajstić information content (AvgIpc) is 2.63. The Balaban J connectivity index is 1.53. The Hall–Kier alpha value is -1.76. The summed E-state index contributed by atoms with van der Waals surface area (Å²) in [4.78, 5) is 16.3. The molecule has 1 amide bonds. The molecule has 25 heavy (non-hydrogen) atoms. The van der Waals surface area contributed by atoms with Crippen molar-refractivity contribution in [2.45, 2.75) is 19.1 Å². The topological polar surface area (TPSA) is 63.2 Å². The summed E-state index contributed by atoms with van der Waals surface area (Å²) in [5.41, 5.74) is 1.50. The zero-order chi connectivity index (χ0) is 17.5. The molecule has 0 spiro atoms. The molecule has 0 bridgehead atoms. The van der Waals surface area contributed by atoms with Gasteiger partial charge in [-0.1, -0.05) is 17.7 Å². The van der Waals surface area contributed by atoms with Gasteiger partial charge in [-0.15, -0.1) is 0 Å². The van der Waals surface area contributed by atoms with Crippen LogP contribution in [-0.2, 0) is 11.4 Å². The van der Waals surface area contributed by atoms with E-state index in [0.717, 1.165) is 23.7 Å². The number of rotatable bonds is 6. The highest BCUT2D eigenvalue weighted by atomic mass is 35.5. The molecule has 1 aromatic carbocycles. The number of nitrogens with one attached hydrogen (secondary N) is 2. The molecule has 1 aliphatic rings. The molecule has 0 radical (unpaired) electrons. The lowest BCUT2D eigenvalue weighted by atomic mass is 10.2. The van der Waals surface area contributed by atoms with Crippen LogP contribution < -0.4 is 15.4 Å². The molecule has 1 aliphatic heterocycles. The number of halogens is 1. The summed E-state index contributed by atoms with van der Waals surface area (Å²) < 4.78 is 5.68. The lowest BCUT2D eigenvalue weighted by Gasteiger charge is -2.22. The van der Waals surface area contributed by atoms with E-state index in [9.17, 15) is 4.79 Å². The smallest absolute Gasteiger partial charge is 0.225 e. The number of aromatic nitrogens is 1. The Bertz CT molecular complexity index is 709. The molecule has 132 valence electrons. The minimum Gasteiger partial charge on any atom is -0.486 e. The third-order valence-corrected chi connectivity index (χ3v) is 5.17. The second kappa shape index (κ2) is 9.08. The van der Waals surface area contributed by atoms with Crippen molar-refractivity contribution in [2.24, 2.45) is 0 Å². The Morgan fingerprint density at radius 2 is 2.32 bits per heavy atom. The van der Waals surface area contributed by atoms with Gasteiger partial charge in [0.05, 0.1) is 10.7 Å². The van der Waals surface area contributed by atoms with Crippen LogP contribution in [0.1, 0.15) is 12.1 Å². The van der Waals surface area contributed by atoms with Gasteiger partial charge in [-0.3, -0.25) is 9.78 Å². The zero-order valence-corrected chi connectivity index (χ0v) is 15.3. The molecule has 1 aromatic heterocycles. The first-order valence-electron chi connectivity index (χ1n) is 8.14. The molecule has 3 rings (SSSR count). The van der Waals surface area contributed by atoms with Crippen LogP contribution in [0, 0.1) is 0 Å². The molecule has 2 aromatic rings. The number of anilines is 1. The van der Waals surface area contributed by atoms with Gasteiger partial charge in [0, 0.05) is 42.4 Å². The van der Waals surface area contributed by atoms with Gasteiger partial charge in [0.1, 0.15) is 12.4 Å². The molecular weight excluding hydrogens is 358 g/mol. The second-order valence-corrected chi connectivity index (χ2v) is 7.29. The fourth-order valence-electron chi connectivity index (χ4n) is 2.52. The lowest BCUT2D eigenvalue weighted by Crippen LogP contribution is -2.39. The van der Waals surface area contributed by atoms with Crippen molar-refractivity contribution in [3.63, 3.8) is 0 Å². The summed E-state index contributed by atoms with van der Waals surface area (Å²) in [6.07, 6.45) is 2.18. The maximum Gasteiger partial charge on any atom is 0.225 e. The van der Waals surface area contributed by atoms with Gasteiger partial charge in [-0.05, 0) is 30.3 Å². The summed E-state index contributed by atoms with van der Waals surface area (Å²) in [5.74, 6) is 2.62. The van der Waals surface area contributed by atoms with Gasteiger partial charge in [0.25, 0.3) is 0 Å². The molecule has 0 aliphatic carbocycles. The van der Waals surface area contributed by atoms with Gasteiger partial charge < -0.3 is 15.4 Å². The molecule has 2 N–H and O–H groups in total. The highest BCUT2D eigenvalue weighted by molar-refractivity contribution is 7.99. The number of nitrogens with zero attached hydrogens (tertiary/aromatic N) is 1. The number of carbonyl (C=O) groups excluding carboxylic acids is 1. The van der Waals surface area contributed by atoms with E-state index in [1.807, 2.05) is 30.0 Å². The largest absolute Gasteiger partial charge is 0.486 e. The van der Waals surface area contributed by atoms with Crippen LogP contribution in [0.4, 0.5) is 5.69 Å². The molecule has 5 nitrogen and oxygen atoms in total. The highest BCUT2D eigenvalue weighted by Gasteiger charge is 2.17. The van der Waals surface area contributed by atoms with E-state index in [-0.39, 0.29) is 11.9 Å². The van der Waals surface area contributed by atoms with Crippen LogP contribution >= 0.6 is 23.4 Å². The summed E-state index contributed by atoms with van der Waals surface area (Å²) in [6, 6.07) is 11.1. The standard InChI is InChI=1S/C18H20ClN3O2S/c19-16-9-13(22-18(23)10-15-12-25-8-7-21-15)4-5-17(16)24-11-14-3-1-2-6-20-14/h1-6,9,15,21H,7-8,10-12H2,(H,22,23). The Kier molecular flexibility index (Phi) is 6.55. The molecule has 7 heteroatoms. The Labute approximate surface area is 156 Å². The normalized spacial score (nSPS) is 17.1. The molecule has 1 saturated heterocycles. The number of ether oxygens (including phenoxy) is 1. The third-order valence-electron chi connectivity index (χ3n) is 3.75. The molecule has 1 atom stereocenters. The monoisotopic (exact) mass is 377 g/mol. The van der Waals surface area contributed by atoms with Crippen molar-refractivity contribution in [2.75, 3.05) is 23.4 Å². The predicted octanol–water partition coefficient (Wildman–Crippen LogP) is 3.35. The van der Waals surface area contributed by atoms with Crippen molar-refractivity contribution >= 4 is 35.0 Å². The van der Waals surface area contributed by atoms with Crippen molar-refractivity contribution in [3.8, 4) is 5.75 Å². The molecule has 0 saturated carbocycles. The first kappa shape index (κ1) is 18.0. The fourth-order valence-corrected chi connectivity index (χ4v) is 3.70. The number of benzene rings is 1. The van der Waals surface area contributed by atoms with Crippen LogP contribution in [0.2, 0.25) is 5.02 Å². The van der Waals surface area contributed by atoms with E-state index in [4.69, 9.17) is 16.3 Å². The van der Waals surface area contributed by atoms with Crippen molar-refractivity contribution in [3.05, 3.63) is 53.3 Å². The van der Waals surface area contributed by atoms with Crippen molar-refractivity contribution in [1.82, 2.24) is 10.3 Å². The first-order valence-corrected chi connectivity index (χ1v) is 9.67. The summed E-state index contributed by atoms with van der Waals surface area (Å²) in [6.45, 7) is 1.30. The third kappa shape index (κ3) is 5.63. The molecule has 1 unspecified atom stereocenters. The maximum absolute atomic E-state index is 12.1. The zero-order valence-electron chi connectivity index (χ0n) is 13.7. The average molecular weight is 378 g/mol. The van der Waals surface area contributed by atoms with Gasteiger partial charge in [-0.2, -0.15) is 11.8 Å². The quantitative estimate of drug-likeness (QED) is 0.808. The van der Waals surface area contributed by atoms with Crippen LogP contribution in [-0.4, -0.2) is 35.0 Å². The van der Waals surface area contributed by atoms with Crippen LogP contribution in [0.3, 0.4) is 0 Å². The predicted molar refractivity (Wildman–Crippen MR) is 102 cm³/mol. The summed E-state index contributed by atoms with van der Waals surface area (Å²) >= 11 is 8.13. The number of thioether (sulfide) groups is 1. The van der Waals surface area contributed by atoms with Crippen LogP contribution in [0.15, 0.2) is 42.6 Å². The lowest BCUT2D eigenvalue weighted by molar-refractivity contribution is -0.116. The number of pyridine rings is 1. The van der Waals surface area contributed by atoms with E-state index >= 15 is 0 Å². The minimum atomic E-state index is -0.0155. The van der Waals surface area contributed by atoms with E-state index in [1.54, 1.807) is 24.4 Å². The van der Waals surface area contributed by atoms with E-state index in [2.05, 4.69) is 15.6 Å². The van der Waals surface area contributed by atoms with Crippen molar-refractivity contribution in [1.29, 1.82) is 0 Å². The Morgan fingerprint density at radius 3 is 3.04 bits per heavy atom. The number of hydrogen-bond acceptors (Lipinski definition) is 5. The van der Waals surface area contributed by atoms with Crippen molar-refractivity contribution < 1.29 is 9.53 Å². The fraction of sp³-hybridized carbons (Fsp3) is 0.333. The summed E-state index contributed by atoms with van der Waals surface area (Å²) in [5, 5.41) is 6.70. The highest BCUT2D eigenvalue weighted by Crippen LogP contribution is 2.28. The van der Waals surface area contributed by atoms with E-state index < -0.39 is 0 Å².